The van der Waals surface area contributed by atoms with Crippen LogP contribution in [0.25, 0.3) is 10.9 Å². The van der Waals surface area contributed by atoms with Crippen LogP contribution in [0.4, 0.5) is 17.7 Å². The number of aromatic carboxylic acids is 1. The van der Waals surface area contributed by atoms with Gasteiger partial charge in [-0.3, -0.25) is 4.79 Å². The van der Waals surface area contributed by atoms with Crippen LogP contribution in [0.2, 0.25) is 0 Å². The van der Waals surface area contributed by atoms with E-state index in [2.05, 4.69) is 0 Å². The van der Waals surface area contributed by atoms with Crippen molar-refractivity contribution in [2.45, 2.75) is 6.18 Å². The molecule has 6 nitrogen and oxygen atoms in total. The number of carbonyl (C=O) groups is 2. The maximum Gasteiger partial charge on any atom is 0.490 e. The van der Waals surface area contributed by atoms with Gasteiger partial charge in [0.15, 0.2) is 0 Å². The molecule has 0 saturated carbocycles. The first-order valence-corrected chi connectivity index (χ1v) is 5.39. The summed E-state index contributed by atoms with van der Waals surface area (Å²) in [6.45, 7) is 0. The van der Waals surface area contributed by atoms with Gasteiger partial charge in [-0.2, -0.15) is 18.0 Å². The molecule has 0 saturated heterocycles. The van der Waals surface area contributed by atoms with Crippen LogP contribution in [0, 0.1) is 0 Å². The number of rotatable bonds is 1. The van der Waals surface area contributed by atoms with E-state index in [4.69, 9.17) is 15.0 Å². The minimum absolute atomic E-state index is 0.0555. The summed E-state index contributed by atoms with van der Waals surface area (Å²) in [6.07, 6.45) is -4.41. The molecule has 22 heavy (non-hydrogen) atoms. The van der Waals surface area contributed by atoms with E-state index in [0.29, 0.717) is 6.20 Å². The number of nitrogens with zero attached hydrogens (tertiary/aromatic N) is 1. The molecule has 0 spiro atoms. The van der Waals surface area contributed by atoms with Crippen molar-refractivity contribution < 1.29 is 37.5 Å². The van der Waals surface area contributed by atoms with E-state index in [-0.39, 0.29) is 15.7 Å². The lowest BCUT2D eigenvalue weighted by molar-refractivity contribution is -0.192. The first-order valence-electron chi connectivity index (χ1n) is 5.39. The quantitative estimate of drug-likeness (QED) is 0.784. The van der Waals surface area contributed by atoms with Gasteiger partial charge in [-0.1, -0.05) is 16.6 Å². The van der Waals surface area contributed by atoms with Crippen LogP contribution in [0.3, 0.4) is 0 Å². The Morgan fingerprint density at radius 3 is 2.05 bits per heavy atom. The number of aliphatic carboxylic acids is 1. The molecule has 2 aromatic rings. The summed E-state index contributed by atoms with van der Waals surface area (Å²) in [6, 6.07) is 5.91. The highest BCUT2D eigenvalue weighted by Gasteiger charge is 2.38. The molecule has 0 aliphatic rings. The summed E-state index contributed by atoms with van der Waals surface area (Å²) in [7, 11) is 0. The van der Waals surface area contributed by atoms with E-state index in [1.165, 1.54) is 12.1 Å². The zero-order valence-electron chi connectivity index (χ0n) is 10.5. The zero-order valence-corrected chi connectivity index (χ0v) is 10.5. The number of benzene rings is 1. The molecule has 2 N–H and O–H groups in total. The number of alkyl halides is 3. The molecule has 0 atom stereocenters. The molecule has 0 aliphatic carbocycles. The smallest absolute Gasteiger partial charge is 0.477 e. The van der Waals surface area contributed by atoms with Crippen molar-refractivity contribution in [1.29, 1.82) is 0 Å². The third-order valence-corrected chi connectivity index (χ3v) is 2.34. The van der Waals surface area contributed by atoms with Gasteiger partial charge in [-0.25, -0.2) is 9.59 Å². The molecular weight excluding hydrogens is 314 g/mol. The van der Waals surface area contributed by atoms with Crippen LogP contribution in [0.1, 0.15) is 10.4 Å². The summed E-state index contributed by atoms with van der Waals surface area (Å²) >= 11 is 0. The standard InChI is InChI=1S/C10H6FNO3.C2HF3O2/c11-12-5-7(10(14)15)9(13)6-3-1-2-4-8(6)12;3-2(4,5)1(6)7/h1-5H,(H,14,15);(H,6,7). The van der Waals surface area contributed by atoms with Gasteiger partial charge >= 0.3 is 18.1 Å². The normalized spacial score (nSPS) is 10.7. The van der Waals surface area contributed by atoms with Gasteiger partial charge in [0.1, 0.15) is 5.56 Å². The third-order valence-electron chi connectivity index (χ3n) is 2.34. The first kappa shape index (κ1) is 17.1. The maximum atomic E-state index is 13.3. The summed E-state index contributed by atoms with van der Waals surface area (Å²) in [4.78, 5) is 31.2. The topological polar surface area (TPSA) is 96.6 Å². The molecule has 1 aromatic heterocycles. The highest BCUT2D eigenvalue weighted by Crippen LogP contribution is 2.13. The highest BCUT2D eigenvalue weighted by atomic mass is 19.4. The SMILES string of the molecule is O=C(O)C(F)(F)F.O=C(O)c1cn(F)c2ccccc2c1=O. The Hall–Kier alpha value is -2.91. The lowest BCUT2D eigenvalue weighted by atomic mass is 10.1. The number of hydrogen-bond donors (Lipinski definition) is 2. The van der Waals surface area contributed by atoms with Gasteiger partial charge in [-0.15, -0.1) is 0 Å². The number of hydrogen-bond acceptors (Lipinski definition) is 3. The van der Waals surface area contributed by atoms with E-state index in [0.717, 1.165) is 0 Å². The summed E-state index contributed by atoms with van der Waals surface area (Å²) < 4.78 is 45.0. The monoisotopic (exact) mass is 321 g/mol. The molecule has 1 heterocycles. The van der Waals surface area contributed by atoms with E-state index < -0.39 is 29.1 Å². The van der Waals surface area contributed by atoms with Crippen LogP contribution >= 0.6 is 0 Å². The van der Waals surface area contributed by atoms with Crippen molar-refractivity contribution in [3.05, 3.63) is 46.2 Å². The fourth-order valence-corrected chi connectivity index (χ4v) is 1.39. The highest BCUT2D eigenvalue weighted by molar-refractivity contribution is 5.92. The largest absolute Gasteiger partial charge is 0.490 e. The van der Waals surface area contributed by atoms with Gasteiger partial charge in [0, 0.05) is 5.39 Å². The lowest BCUT2D eigenvalue weighted by Gasteiger charge is -2.02. The number of carboxylic acid groups (broad SMARTS) is 2. The Morgan fingerprint density at radius 1 is 1.09 bits per heavy atom. The van der Waals surface area contributed by atoms with Crippen LogP contribution in [0.5, 0.6) is 0 Å². The van der Waals surface area contributed by atoms with Crippen LogP contribution in [-0.4, -0.2) is 33.1 Å². The van der Waals surface area contributed by atoms with Crippen LogP contribution < -0.4 is 5.43 Å². The number of aromatic nitrogens is 1. The number of fused-ring (bicyclic) bond motifs is 1. The molecule has 0 aliphatic heterocycles. The molecule has 0 unspecified atom stereocenters. The Bertz CT molecular complexity index is 781. The fraction of sp³-hybridized carbons (Fsp3) is 0.0833. The Morgan fingerprint density at radius 2 is 1.59 bits per heavy atom. The van der Waals surface area contributed by atoms with Crippen LogP contribution in [-0.2, 0) is 4.79 Å². The zero-order chi connectivity index (χ0) is 17.1. The molecule has 0 bridgehead atoms. The Kier molecular flexibility index (Phi) is 4.87. The van der Waals surface area contributed by atoms with Gasteiger partial charge in [0.05, 0.1) is 11.7 Å². The number of pyridine rings is 1. The molecule has 0 fully saturated rings. The van der Waals surface area contributed by atoms with Gasteiger partial charge < -0.3 is 10.2 Å². The third kappa shape index (κ3) is 3.81. The average Bonchev–Trinajstić information content (AvgIpc) is 2.42. The van der Waals surface area contributed by atoms with E-state index in [1.54, 1.807) is 12.1 Å². The molecule has 0 amide bonds. The molecule has 118 valence electrons. The predicted octanol–water partition coefficient (Wildman–Crippen LogP) is 2.07. The summed E-state index contributed by atoms with van der Waals surface area (Å²) in [5.74, 6) is -4.19. The molecule has 2 rings (SSSR count). The van der Waals surface area contributed by atoms with Crippen LogP contribution in [0.15, 0.2) is 35.3 Å². The van der Waals surface area contributed by atoms with Crippen molar-refractivity contribution in [1.82, 2.24) is 4.79 Å². The molecule has 10 heteroatoms. The van der Waals surface area contributed by atoms with Crippen molar-refractivity contribution in [3.8, 4) is 0 Å². The second-order valence-electron chi connectivity index (χ2n) is 3.81. The van der Waals surface area contributed by atoms with Gasteiger partial charge in [-0.05, 0) is 12.1 Å². The lowest BCUT2D eigenvalue weighted by Crippen LogP contribution is -2.21. The number of carboxylic acids is 2. The van der Waals surface area contributed by atoms with Crippen molar-refractivity contribution in [2.24, 2.45) is 0 Å². The van der Waals surface area contributed by atoms with Gasteiger partial charge in [0.2, 0.25) is 5.43 Å². The van der Waals surface area contributed by atoms with Crippen molar-refractivity contribution >= 4 is 22.8 Å². The summed E-state index contributed by atoms with van der Waals surface area (Å²) in [5.41, 5.74) is -1.18. The first-order chi connectivity index (χ1) is 10.1. The minimum atomic E-state index is -5.08. The Labute approximate surface area is 118 Å². The second-order valence-corrected chi connectivity index (χ2v) is 3.81. The predicted molar refractivity (Wildman–Crippen MR) is 65.4 cm³/mol. The van der Waals surface area contributed by atoms with Crippen molar-refractivity contribution in [2.75, 3.05) is 0 Å². The molecule has 1 aromatic carbocycles. The van der Waals surface area contributed by atoms with E-state index in [1.807, 2.05) is 0 Å². The number of halogens is 4. The summed E-state index contributed by atoms with van der Waals surface area (Å²) in [5, 5.41) is 15.9. The fourth-order valence-electron chi connectivity index (χ4n) is 1.39. The van der Waals surface area contributed by atoms with E-state index in [9.17, 15) is 27.2 Å². The minimum Gasteiger partial charge on any atom is -0.477 e. The molecule has 0 radical (unpaired) electrons. The maximum absolute atomic E-state index is 13.3. The van der Waals surface area contributed by atoms with E-state index >= 15 is 0 Å². The van der Waals surface area contributed by atoms with Gasteiger partial charge in [0.25, 0.3) is 0 Å². The number of para-hydroxylation sites is 1. The second kappa shape index (κ2) is 6.24. The van der Waals surface area contributed by atoms with Crippen molar-refractivity contribution in [3.63, 3.8) is 0 Å². The molecular formula is C12H7F4NO5. The average molecular weight is 321 g/mol. The Balaban J connectivity index is 0.000000295.